The van der Waals surface area contributed by atoms with E-state index in [-0.39, 0.29) is 12.6 Å². The van der Waals surface area contributed by atoms with Gasteiger partial charge in [0, 0.05) is 0 Å². The summed E-state index contributed by atoms with van der Waals surface area (Å²) in [6.45, 7) is 0.383. The van der Waals surface area contributed by atoms with Gasteiger partial charge < -0.3 is 10.4 Å². The van der Waals surface area contributed by atoms with Gasteiger partial charge in [0.25, 0.3) is 6.43 Å². The molecular weight excluding hydrogens is 176 g/mol. The van der Waals surface area contributed by atoms with Gasteiger partial charge in [-0.3, -0.25) is 0 Å². The Bertz CT molecular complexity index is 144. The molecule has 1 aliphatic rings. The molecule has 0 radical (unpaired) electrons. The molecule has 1 saturated carbocycles. The van der Waals surface area contributed by atoms with Crippen LogP contribution in [0.4, 0.5) is 8.78 Å². The minimum absolute atomic E-state index is 0.216. The van der Waals surface area contributed by atoms with Crippen molar-refractivity contribution >= 4 is 0 Å². The highest BCUT2D eigenvalue weighted by Crippen LogP contribution is 2.23. The summed E-state index contributed by atoms with van der Waals surface area (Å²) in [4.78, 5) is 0. The highest BCUT2D eigenvalue weighted by molar-refractivity contribution is 4.73. The van der Waals surface area contributed by atoms with E-state index in [1.165, 1.54) is 0 Å². The fourth-order valence-electron chi connectivity index (χ4n) is 1.84. The number of rotatable bonds is 4. The van der Waals surface area contributed by atoms with E-state index in [4.69, 9.17) is 0 Å². The Kier molecular flexibility index (Phi) is 4.59. The van der Waals surface area contributed by atoms with Gasteiger partial charge in [0.2, 0.25) is 0 Å². The van der Waals surface area contributed by atoms with E-state index in [9.17, 15) is 13.9 Å². The van der Waals surface area contributed by atoms with Gasteiger partial charge in [0.15, 0.2) is 0 Å². The molecule has 2 atom stereocenters. The van der Waals surface area contributed by atoms with Crippen molar-refractivity contribution in [1.29, 1.82) is 0 Å². The molecule has 0 aromatic rings. The van der Waals surface area contributed by atoms with Crippen molar-refractivity contribution in [1.82, 2.24) is 5.32 Å². The average molecular weight is 193 g/mol. The van der Waals surface area contributed by atoms with Gasteiger partial charge in [-0.25, -0.2) is 8.78 Å². The number of aliphatic hydroxyl groups is 1. The van der Waals surface area contributed by atoms with Gasteiger partial charge in [-0.05, 0) is 31.7 Å². The van der Waals surface area contributed by atoms with E-state index in [2.05, 4.69) is 5.32 Å². The summed E-state index contributed by atoms with van der Waals surface area (Å²) in [5.41, 5.74) is 0. The maximum Gasteiger partial charge on any atom is 0.250 e. The van der Waals surface area contributed by atoms with Crippen LogP contribution in [-0.2, 0) is 0 Å². The summed E-state index contributed by atoms with van der Waals surface area (Å²) in [6.07, 6.45) is 1.21. The molecule has 2 unspecified atom stereocenters. The summed E-state index contributed by atoms with van der Waals surface area (Å²) >= 11 is 0. The van der Waals surface area contributed by atoms with Crippen molar-refractivity contribution in [2.75, 3.05) is 13.1 Å². The van der Waals surface area contributed by atoms with Gasteiger partial charge in [0.1, 0.15) is 0 Å². The molecule has 1 rings (SSSR count). The minimum Gasteiger partial charge on any atom is -0.393 e. The van der Waals surface area contributed by atoms with Crippen molar-refractivity contribution in [3.05, 3.63) is 0 Å². The number of alkyl halides is 2. The lowest BCUT2D eigenvalue weighted by atomic mass is 9.87. The second kappa shape index (κ2) is 5.50. The fraction of sp³-hybridized carbons (Fsp3) is 1.00. The molecule has 0 spiro atoms. The van der Waals surface area contributed by atoms with Crippen LogP contribution < -0.4 is 5.32 Å². The molecular formula is C9H17F2NO. The van der Waals surface area contributed by atoms with Gasteiger partial charge in [0.05, 0.1) is 12.6 Å². The van der Waals surface area contributed by atoms with E-state index >= 15 is 0 Å². The number of hydrogen-bond donors (Lipinski definition) is 2. The van der Waals surface area contributed by atoms with Crippen LogP contribution in [0.25, 0.3) is 0 Å². The van der Waals surface area contributed by atoms with E-state index in [1.54, 1.807) is 0 Å². The number of hydrogen-bond acceptors (Lipinski definition) is 2. The molecule has 0 bridgehead atoms. The molecule has 0 heterocycles. The smallest absolute Gasteiger partial charge is 0.250 e. The Morgan fingerprint density at radius 3 is 2.77 bits per heavy atom. The predicted molar refractivity (Wildman–Crippen MR) is 46.8 cm³/mol. The zero-order chi connectivity index (χ0) is 9.68. The molecule has 2 nitrogen and oxygen atoms in total. The normalized spacial score (nSPS) is 29.5. The predicted octanol–water partition coefficient (Wildman–Crippen LogP) is 1.39. The van der Waals surface area contributed by atoms with Crippen molar-refractivity contribution < 1.29 is 13.9 Å². The third-order valence-corrected chi connectivity index (χ3v) is 2.49. The SMILES string of the molecule is OC1CCCC(CNCC(F)F)C1. The van der Waals surface area contributed by atoms with Crippen LogP contribution in [0.15, 0.2) is 0 Å². The largest absolute Gasteiger partial charge is 0.393 e. The molecule has 0 saturated heterocycles. The zero-order valence-corrected chi connectivity index (χ0v) is 7.68. The molecule has 4 heteroatoms. The summed E-state index contributed by atoms with van der Waals surface area (Å²) in [5.74, 6) is 0.377. The van der Waals surface area contributed by atoms with Crippen LogP contribution in [0, 0.1) is 5.92 Å². The van der Waals surface area contributed by atoms with Crippen LogP contribution in [-0.4, -0.2) is 30.7 Å². The Balaban J connectivity index is 2.06. The van der Waals surface area contributed by atoms with Crippen LogP contribution in [0.3, 0.4) is 0 Å². The zero-order valence-electron chi connectivity index (χ0n) is 7.68. The fourth-order valence-corrected chi connectivity index (χ4v) is 1.84. The van der Waals surface area contributed by atoms with Crippen molar-refractivity contribution in [2.24, 2.45) is 5.92 Å². The lowest BCUT2D eigenvalue weighted by molar-refractivity contribution is 0.0965. The third kappa shape index (κ3) is 4.52. The molecule has 78 valence electrons. The van der Waals surface area contributed by atoms with E-state index in [1.807, 2.05) is 0 Å². The number of aliphatic hydroxyl groups excluding tert-OH is 1. The maximum absolute atomic E-state index is 11.8. The van der Waals surface area contributed by atoms with E-state index in [0.717, 1.165) is 25.7 Å². The molecule has 1 fully saturated rings. The second-order valence-electron chi connectivity index (χ2n) is 3.74. The lowest BCUT2D eigenvalue weighted by Gasteiger charge is -2.25. The van der Waals surface area contributed by atoms with Gasteiger partial charge in [-0.2, -0.15) is 0 Å². The first-order chi connectivity index (χ1) is 6.18. The molecule has 13 heavy (non-hydrogen) atoms. The molecule has 1 aliphatic carbocycles. The average Bonchev–Trinajstić information content (AvgIpc) is 2.03. The van der Waals surface area contributed by atoms with Crippen molar-refractivity contribution in [2.45, 2.75) is 38.2 Å². The second-order valence-corrected chi connectivity index (χ2v) is 3.74. The Morgan fingerprint density at radius 1 is 1.38 bits per heavy atom. The first-order valence-electron chi connectivity index (χ1n) is 4.85. The van der Waals surface area contributed by atoms with Crippen molar-refractivity contribution in [3.8, 4) is 0 Å². The summed E-state index contributed by atoms with van der Waals surface area (Å²) in [7, 11) is 0. The molecule has 0 aromatic heterocycles. The lowest BCUT2D eigenvalue weighted by Crippen LogP contribution is -2.31. The maximum atomic E-state index is 11.8. The first-order valence-corrected chi connectivity index (χ1v) is 4.85. The number of nitrogens with one attached hydrogen (secondary N) is 1. The Morgan fingerprint density at radius 2 is 2.15 bits per heavy atom. The molecule has 0 aromatic carbocycles. The first kappa shape index (κ1) is 10.9. The van der Waals surface area contributed by atoms with Gasteiger partial charge in [-0.1, -0.05) is 6.42 Å². The van der Waals surface area contributed by atoms with Gasteiger partial charge in [-0.15, -0.1) is 0 Å². The quantitative estimate of drug-likeness (QED) is 0.707. The topological polar surface area (TPSA) is 32.3 Å². The highest BCUT2D eigenvalue weighted by Gasteiger charge is 2.19. The van der Waals surface area contributed by atoms with Crippen LogP contribution in [0.2, 0.25) is 0 Å². The van der Waals surface area contributed by atoms with Crippen LogP contribution in [0.1, 0.15) is 25.7 Å². The van der Waals surface area contributed by atoms with E-state index in [0.29, 0.717) is 12.5 Å². The molecule has 0 amide bonds. The molecule has 0 aliphatic heterocycles. The van der Waals surface area contributed by atoms with Gasteiger partial charge >= 0.3 is 0 Å². The summed E-state index contributed by atoms with van der Waals surface area (Å²) < 4.78 is 23.5. The Labute approximate surface area is 77.3 Å². The summed E-state index contributed by atoms with van der Waals surface area (Å²) in [6, 6.07) is 0. The number of halogens is 2. The van der Waals surface area contributed by atoms with Crippen molar-refractivity contribution in [3.63, 3.8) is 0 Å². The highest BCUT2D eigenvalue weighted by atomic mass is 19.3. The standard InChI is InChI=1S/C9H17F2NO/c10-9(11)6-12-5-7-2-1-3-8(13)4-7/h7-9,12-13H,1-6H2. The minimum atomic E-state index is -2.27. The monoisotopic (exact) mass is 193 g/mol. The Hall–Kier alpha value is -0.220. The van der Waals surface area contributed by atoms with Crippen LogP contribution >= 0.6 is 0 Å². The van der Waals surface area contributed by atoms with E-state index < -0.39 is 6.43 Å². The molecule has 2 N–H and O–H groups in total. The van der Waals surface area contributed by atoms with Crippen LogP contribution in [0.5, 0.6) is 0 Å². The summed E-state index contributed by atoms with van der Waals surface area (Å²) in [5, 5.41) is 12.0. The third-order valence-electron chi connectivity index (χ3n) is 2.49.